The molecule has 1 aromatic carbocycles. The maximum Gasteiger partial charge on any atom is 0.246 e. The molecule has 8 nitrogen and oxygen atoms in total. The van der Waals surface area contributed by atoms with Crippen molar-refractivity contribution in [3.8, 4) is 5.75 Å². The Bertz CT molecular complexity index is 1080. The number of imidazole rings is 1. The molecule has 3 aromatic rings. The number of hydrogen-bond acceptors (Lipinski definition) is 6. The molecule has 1 unspecified atom stereocenters. The van der Waals surface area contributed by atoms with E-state index in [9.17, 15) is 13.6 Å². The van der Waals surface area contributed by atoms with Crippen molar-refractivity contribution in [2.45, 2.75) is 25.3 Å². The first-order valence-corrected chi connectivity index (χ1v) is 9.98. The number of anilines is 1. The average molecular weight is 428 g/mol. The molecule has 1 saturated heterocycles. The van der Waals surface area contributed by atoms with Crippen molar-refractivity contribution in [3.05, 3.63) is 54.6 Å². The molecule has 0 saturated carbocycles. The van der Waals surface area contributed by atoms with Crippen LogP contribution in [0, 0.1) is 11.6 Å². The fourth-order valence-electron chi connectivity index (χ4n) is 3.54. The second kappa shape index (κ2) is 9.07. The van der Waals surface area contributed by atoms with Gasteiger partial charge in [-0.15, -0.1) is 0 Å². The molecular formula is C21H22F2N6O2. The maximum atomic E-state index is 13.2. The molecule has 1 atom stereocenters. The van der Waals surface area contributed by atoms with Gasteiger partial charge in [-0.3, -0.25) is 4.79 Å². The van der Waals surface area contributed by atoms with E-state index in [1.54, 1.807) is 4.90 Å². The van der Waals surface area contributed by atoms with E-state index >= 15 is 0 Å². The lowest BCUT2D eigenvalue weighted by Crippen LogP contribution is -2.30. The number of benzene rings is 1. The van der Waals surface area contributed by atoms with Crippen LogP contribution in [0.1, 0.15) is 18.7 Å². The van der Waals surface area contributed by atoms with Crippen molar-refractivity contribution in [2.75, 3.05) is 25.0 Å². The van der Waals surface area contributed by atoms with E-state index in [1.807, 2.05) is 0 Å². The first-order valence-electron chi connectivity index (χ1n) is 9.98. The zero-order valence-electron chi connectivity index (χ0n) is 16.8. The number of nitrogens with one attached hydrogen (secondary N) is 2. The van der Waals surface area contributed by atoms with Crippen LogP contribution >= 0.6 is 0 Å². The summed E-state index contributed by atoms with van der Waals surface area (Å²) >= 11 is 0. The summed E-state index contributed by atoms with van der Waals surface area (Å²) < 4.78 is 31.8. The van der Waals surface area contributed by atoms with E-state index in [4.69, 9.17) is 4.74 Å². The van der Waals surface area contributed by atoms with Crippen LogP contribution in [0.25, 0.3) is 11.2 Å². The summed E-state index contributed by atoms with van der Waals surface area (Å²) in [6.07, 6.45) is 4.74. The molecule has 4 rings (SSSR count). The number of amides is 1. The van der Waals surface area contributed by atoms with Crippen LogP contribution in [0.2, 0.25) is 0 Å². The number of ether oxygens (including phenoxy) is 1. The third kappa shape index (κ3) is 4.96. The van der Waals surface area contributed by atoms with E-state index in [1.165, 1.54) is 12.4 Å². The number of H-pyrrole nitrogens is 1. The third-order valence-electron chi connectivity index (χ3n) is 5.01. The SMILES string of the molecule is C=CC(=O)N1CCC(Nc2ncnc3[nH]c(CCCOc4cc(F)cc(F)c4)nc23)C1. The molecule has 31 heavy (non-hydrogen) atoms. The second-order valence-corrected chi connectivity index (χ2v) is 7.28. The lowest BCUT2D eigenvalue weighted by Gasteiger charge is -2.15. The Morgan fingerprint density at radius 2 is 2.13 bits per heavy atom. The van der Waals surface area contributed by atoms with Crippen molar-refractivity contribution in [1.82, 2.24) is 24.8 Å². The van der Waals surface area contributed by atoms with Gasteiger partial charge in [0.15, 0.2) is 17.0 Å². The summed E-state index contributed by atoms with van der Waals surface area (Å²) in [5.41, 5.74) is 1.23. The van der Waals surface area contributed by atoms with Gasteiger partial charge in [0.05, 0.1) is 6.61 Å². The third-order valence-corrected chi connectivity index (χ3v) is 5.01. The fourth-order valence-corrected chi connectivity index (χ4v) is 3.54. The zero-order valence-corrected chi connectivity index (χ0v) is 16.8. The van der Waals surface area contributed by atoms with E-state index in [2.05, 4.69) is 31.8 Å². The highest BCUT2D eigenvalue weighted by Gasteiger charge is 2.25. The monoisotopic (exact) mass is 428 g/mol. The van der Waals surface area contributed by atoms with Crippen LogP contribution in [0.3, 0.4) is 0 Å². The van der Waals surface area contributed by atoms with Gasteiger partial charge in [0.2, 0.25) is 5.91 Å². The predicted octanol–water partition coefficient (Wildman–Crippen LogP) is 2.84. The highest BCUT2D eigenvalue weighted by atomic mass is 19.1. The molecule has 1 aliphatic heterocycles. The summed E-state index contributed by atoms with van der Waals surface area (Å²) in [7, 11) is 0. The number of carbonyl (C=O) groups is 1. The van der Waals surface area contributed by atoms with Crippen molar-refractivity contribution in [3.63, 3.8) is 0 Å². The zero-order chi connectivity index (χ0) is 21.8. The number of aromatic amines is 1. The van der Waals surface area contributed by atoms with Crippen LogP contribution in [-0.4, -0.2) is 56.5 Å². The van der Waals surface area contributed by atoms with Crippen LogP contribution in [0.4, 0.5) is 14.6 Å². The Morgan fingerprint density at radius 3 is 2.90 bits per heavy atom. The number of fused-ring (bicyclic) bond motifs is 1. The number of aromatic nitrogens is 4. The molecule has 3 heterocycles. The summed E-state index contributed by atoms with van der Waals surface area (Å²) in [5, 5.41) is 3.35. The molecule has 0 aliphatic carbocycles. The van der Waals surface area contributed by atoms with Gasteiger partial charge in [0.1, 0.15) is 29.5 Å². The van der Waals surface area contributed by atoms with Crippen molar-refractivity contribution >= 4 is 22.9 Å². The summed E-state index contributed by atoms with van der Waals surface area (Å²) in [6, 6.07) is 3.16. The molecule has 2 aromatic heterocycles. The fraction of sp³-hybridized carbons (Fsp3) is 0.333. The van der Waals surface area contributed by atoms with Crippen molar-refractivity contribution < 1.29 is 18.3 Å². The molecule has 1 fully saturated rings. The lowest BCUT2D eigenvalue weighted by molar-refractivity contribution is -0.125. The molecule has 2 N–H and O–H groups in total. The largest absolute Gasteiger partial charge is 0.493 e. The summed E-state index contributed by atoms with van der Waals surface area (Å²) in [5.74, 6) is 0.0389. The van der Waals surface area contributed by atoms with Gasteiger partial charge in [0, 0.05) is 43.8 Å². The first-order chi connectivity index (χ1) is 15.0. The van der Waals surface area contributed by atoms with Crippen LogP contribution in [0.15, 0.2) is 37.2 Å². The average Bonchev–Trinajstić information content (AvgIpc) is 3.37. The quantitative estimate of drug-likeness (QED) is 0.423. The van der Waals surface area contributed by atoms with Gasteiger partial charge < -0.3 is 19.9 Å². The molecule has 0 radical (unpaired) electrons. The number of carbonyl (C=O) groups excluding carboxylic acids is 1. The Morgan fingerprint density at radius 1 is 1.32 bits per heavy atom. The predicted molar refractivity (Wildman–Crippen MR) is 111 cm³/mol. The maximum absolute atomic E-state index is 13.2. The highest BCUT2D eigenvalue weighted by Crippen LogP contribution is 2.21. The second-order valence-electron chi connectivity index (χ2n) is 7.28. The Labute approximate surface area is 177 Å². The topological polar surface area (TPSA) is 96.0 Å². The number of halogens is 2. The first kappa shape index (κ1) is 20.7. The van der Waals surface area contributed by atoms with Gasteiger partial charge in [-0.05, 0) is 18.9 Å². The molecule has 162 valence electrons. The van der Waals surface area contributed by atoms with Crippen molar-refractivity contribution in [1.29, 1.82) is 0 Å². The number of nitrogens with zero attached hydrogens (tertiary/aromatic N) is 4. The van der Waals surface area contributed by atoms with Crippen LogP contribution < -0.4 is 10.1 Å². The van der Waals surface area contributed by atoms with E-state index in [-0.39, 0.29) is 24.3 Å². The highest BCUT2D eigenvalue weighted by molar-refractivity contribution is 5.87. The van der Waals surface area contributed by atoms with Gasteiger partial charge in [-0.1, -0.05) is 6.58 Å². The van der Waals surface area contributed by atoms with Gasteiger partial charge in [-0.25, -0.2) is 23.7 Å². The molecular weight excluding hydrogens is 406 g/mol. The van der Waals surface area contributed by atoms with Crippen LogP contribution in [-0.2, 0) is 11.2 Å². The standard InChI is InChI=1S/C21H22F2N6O2/c1-2-18(30)29-6-5-15(11-29)26-20-19-21(25-12-24-20)28-17(27-19)4-3-7-31-16-9-13(22)8-14(23)10-16/h2,8-10,12,15H,1,3-7,11H2,(H2,24,25,26,27,28). The van der Waals surface area contributed by atoms with Gasteiger partial charge in [-0.2, -0.15) is 0 Å². The normalized spacial score (nSPS) is 15.9. The molecule has 10 heteroatoms. The Hall–Kier alpha value is -3.56. The van der Waals surface area contributed by atoms with Crippen molar-refractivity contribution in [2.24, 2.45) is 0 Å². The lowest BCUT2D eigenvalue weighted by atomic mass is 10.2. The van der Waals surface area contributed by atoms with Gasteiger partial charge >= 0.3 is 0 Å². The minimum Gasteiger partial charge on any atom is -0.493 e. The molecule has 1 aliphatic rings. The number of hydrogen-bond donors (Lipinski definition) is 2. The van der Waals surface area contributed by atoms with E-state index in [0.29, 0.717) is 48.7 Å². The smallest absolute Gasteiger partial charge is 0.246 e. The number of rotatable bonds is 8. The molecule has 0 bridgehead atoms. The summed E-state index contributed by atoms with van der Waals surface area (Å²) in [6.45, 7) is 5.05. The van der Waals surface area contributed by atoms with Crippen LogP contribution in [0.5, 0.6) is 5.75 Å². The number of likely N-dealkylation sites (tertiary alicyclic amines) is 1. The van der Waals surface area contributed by atoms with Gasteiger partial charge in [0.25, 0.3) is 0 Å². The molecule has 0 spiro atoms. The number of aryl methyl sites for hydroxylation is 1. The van der Waals surface area contributed by atoms with E-state index < -0.39 is 11.6 Å². The Kier molecular flexibility index (Phi) is 6.06. The minimum atomic E-state index is -0.676. The summed E-state index contributed by atoms with van der Waals surface area (Å²) in [4.78, 5) is 29.8. The Balaban J connectivity index is 1.35. The minimum absolute atomic E-state index is 0.0715. The van der Waals surface area contributed by atoms with E-state index in [0.717, 1.165) is 24.6 Å². The molecule has 1 amide bonds.